The maximum absolute atomic E-state index is 12.0. The molecule has 10 heteroatoms. The van der Waals surface area contributed by atoms with Gasteiger partial charge in [0.15, 0.2) is 6.61 Å². The lowest BCUT2D eigenvalue weighted by Crippen LogP contribution is -2.21. The SMILES string of the molecule is COc1ccc(NC(=O)COC(=O)c2cccc(Cl)c2Cl)c([N+](=O)[O-])c1. The highest BCUT2D eigenvalue weighted by atomic mass is 35.5. The summed E-state index contributed by atoms with van der Waals surface area (Å²) in [5, 5.41) is 13.6. The average molecular weight is 399 g/mol. The van der Waals surface area contributed by atoms with Crippen molar-refractivity contribution in [2.75, 3.05) is 19.0 Å². The molecule has 8 nitrogen and oxygen atoms in total. The van der Waals surface area contributed by atoms with Crippen molar-refractivity contribution in [2.24, 2.45) is 0 Å². The Hall–Kier alpha value is -2.84. The summed E-state index contributed by atoms with van der Waals surface area (Å²) in [5.41, 5.74) is -0.415. The van der Waals surface area contributed by atoms with Crippen molar-refractivity contribution < 1.29 is 24.0 Å². The Morgan fingerprint density at radius 2 is 1.96 bits per heavy atom. The molecule has 0 aliphatic heterocycles. The van der Waals surface area contributed by atoms with Crippen LogP contribution in [-0.2, 0) is 9.53 Å². The van der Waals surface area contributed by atoms with E-state index in [1.807, 2.05) is 0 Å². The Morgan fingerprint density at radius 1 is 1.23 bits per heavy atom. The van der Waals surface area contributed by atoms with Crippen LogP contribution in [0.5, 0.6) is 5.75 Å². The van der Waals surface area contributed by atoms with Gasteiger partial charge in [-0.05, 0) is 24.3 Å². The van der Waals surface area contributed by atoms with Gasteiger partial charge < -0.3 is 14.8 Å². The van der Waals surface area contributed by atoms with E-state index in [1.54, 1.807) is 0 Å². The molecule has 2 aromatic rings. The van der Waals surface area contributed by atoms with E-state index in [0.29, 0.717) is 0 Å². The second-order valence-electron chi connectivity index (χ2n) is 4.87. The number of anilines is 1. The number of amides is 1. The third-order valence-corrected chi connectivity index (χ3v) is 4.00. The zero-order chi connectivity index (χ0) is 19.3. The van der Waals surface area contributed by atoms with Crippen LogP contribution in [0.15, 0.2) is 36.4 Å². The van der Waals surface area contributed by atoms with Gasteiger partial charge in [0.25, 0.3) is 11.6 Å². The zero-order valence-electron chi connectivity index (χ0n) is 13.3. The Bertz CT molecular complexity index is 872. The Balaban J connectivity index is 2.04. The molecule has 1 amide bonds. The van der Waals surface area contributed by atoms with Crippen LogP contribution in [0.25, 0.3) is 0 Å². The van der Waals surface area contributed by atoms with Crippen molar-refractivity contribution in [3.63, 3.8) is 0 Å². The van der Waals surface area contributed by atoms with E-state index in [-0.39, 0.29) is 32.7 Å². The number of nitro groups is 1. The number of hydrogen-bond acceptors (Lipinski definition) is 6. The van der Waals surface area contributed by atoms with Gasteiger partial charge in [0, 0.05) is 0 Å². The first-order valence-corrected chi connectivity index (χ1v) is 7.82. The molecular weight excluding hydrogens is 387 g/mol. The molecule has 0 atom stereocenters. The third kappa shape index (κ3) is 4.62. The van der Waals surface area contributed by atoms with Crippen LogP contribution >= 0.6 is 23.2 Å². The number of nitrogens with one attached hydrogen (secondary N) is 1. The summed E-state index contributed by atoms with van der Waals surface area (Å²) in [6.07, 6.45) is 0. The molecule has 2 aromatic carbocycles. The minimum Gasteiger partial charge on any atom is -0.496 e. The van der Waals surface area contributed by atoms with Crippen molar-refractivity contribution in [1.29, 1.82) is 0 Å². The molecule has 0 saturated heterocycles. The van der Waals surface area contributed by atoms with Gasteiger partial charge in [-0.3, -0.25) is 14.9 Å². The molecule has 0 unspecified atom stereocenters. The summed E-state index contributed by atoms with van der Waals surface area (Å²) in [5.74, 6) is -1.35. The summed E-state index contributed by atoms with van der Waals surface area (Å²) >= 11 is 11.7. The van der Waals surface area contributed by atoms with Crippen molar-refractivity contribution >= 4 is 46.5 Å². The number of nitro benzene ring substituents is 1. The van der Waals surface area contributed by atoms with Crippen LogP contribution in [0.4, 0.5) is 11.4 Å². The maximum atomic E-state index is 12.0. The Kier molecular flexibility index (Phi) is 6.37. The predicted octanol–water partition coefficient (Wildman–Crippen LogP) is 3.71. The minimum absolute atomic E-state index is 0.00222. The predicted molar refractivity (Wildman–Crippen MR) is 95.0 cm³/mol. The largest absolute Gasteiger partial charge is 0.496 e. The quantitative estimate of drug-likeness (QED) is 0.451. The van der Waals surface area contributed by atoms with Crippen LogP contribution in [0.3, 0.4) is 0 Å². The highest BCUT2D eigenvalue weighted by Gasteiger charge is 2.19. The topological polar surface area (TPSA) is 108 Å². The van der Waals surface area contributed by atoms with E-state index in [4.69, 9.17) is 32.7 Å². The van der Waals surface area contributed by atoms with Crippen LogP contribution in [0, 0.1) is 10.1 Å². The van der Waals surface area contributed by atoms with Gasteiger partial charge in [-0.2, -0.15) is 0 Å². The fraction of sp³-hybridized carbons (Fsp3) is 0.125. The van der Waals surface area contributed by atoms with Gasteiger partial charge in [0.1, 0.15) is 11.4 Å². The summed E-state index contributed by atoms with van der Waals surface area (Å²) in [6.45, 7) is -0.662. The molecule has 26 heavy (non-hydrogen) atoms. The molecule has 1 N–H and O–H groups in total. The number of esters is 1. The Morgan fingerprint density at radius 3 is 2.62 bits per heavy atom. The lowest BCUT2D eigenvalue weighted by atomic mass is 10.2. The number of nitrogens with zero attached hydrogens (tertiary/aromatic N) is 1. The molecular formula is C16H12Cl2N2O6. The van der Waals surface area contributed by atoms with E-state index in [2.05, 4.69) is 5.32 Å². The lowest BCUT2D eigenvalue weighted by Gasteiger charge is -2.09. The number of hydrogen-bond donors (Lipinski definition) is 1. The summed E-state index contributed by atoms with van der Waals surface area (Å²) in [7, 11) is 1.36. The molecule has 0 bridgehead atoms. The normalized spacial score (nSPS) is 10.1. The highest BCUT2D eigenvalue weighted by molar-refractivity contribution is 6.43. The molecule has 0 heterocycles. The van der Waals surface area contributed by atoms with Gasteiger partial charge in [0.05, 0.1) is 33.7 Å². The van der Waals surface area contributed by atoms with Gasteiger partial charge in [-0.25, -0.2) is 4.79 Å². The monoisotopic (exact) mass is 398 g/mol. The number of ether oxygens (including phenoxy) is 2. The highest BCUT2D eigenvalue weighted by Crippen LogP contribution is 2.29. The number of rotatable bonds is 6. The van der Waals surface area contributed by atoms with Crippen molar-refractivity contribution in [2.45, 2.75) is 0 Å². The van der Waals surface area contributed by atoms with Crippen molar-refractivity contribution in [1.82, 2.24) is 0 Å². The van der Waals surface area contributed by atoms with Gasteiger partial charge >= 0.3 is 5.97 Å². The van der Waals surface area contributed by atoms with Crippen LogP contribution < -0.4 is 10.1 Å². The summed E-state index contributed by atoms with van der Waals surface area (Å²) in [6, 6.07) is 8.31. The zero-order valence-corrected chi connectivity index (χ0v) is 14.8. The first-order chi connectivity index (χ1) is 12.3. The third-order valence-electron chi connectivity index (χ3n) is 3.18. The molecule has 2 rings (SSSR count). The molecule has 0 aliphatic carbocycles. The molecule has 0 aliphatic rings. The van der Waals surface area contributed by atoms with Gasteiger partial charge in [-0.1, -0.05) is 29.3 Å². The van der Waals surface area contributed by atoms with Crippen LogP contribution in [-0.4, -0.2) is 30.5 Å². The van der Waals surface area contributed by atoms with Crippen molar-refractivity contribution in [3.05, 3.63) is 62.1 Å². The number of carbonyl (C=O) groups is 2. The van der Waals surface area contributed by atoms with Crippen LogP contribution in [0.1, 0.15) is 10.4 Å². The molecule has 0 fully saturated rings. The van der Waals surface area contributed by atoms with E-state index in [0.717, 1.165) is 6.07 Å². The summed E-state index contributed by atoms with van der Waals surface area (Å²) < 4.78 is 9.76. The first-order valence-electron chi connectivity index (χ1n) is 7.07. The molecule has 136 valence electrons. The second kappa shape index (κ2) is 8.50. The second-order valence-corrected chi connectivity index (χ2v) is 5.65. The average Bonchev–Trinajstić information content (AvgIpc) is 2.62. The first kappa shape index (κ1) is 19.5. The minimum atomic E-state index is -0.850. The van der Waals surface area contributed by atoms with Crippen LogP contribution in [0.2, 0.25) is 10.0 Å². The molecule has 0 spiro atoms. The van der Waals surface area contributed by atoms with Gasteiger partial charge in [0.2, 0.25) is 0 Å². The Labute approximate surface area is 157 Å². The molecule has 0 radical (unpaired) electrons. The smallest absolute Gasteiger partial charge is 0.340 e. The van der Waals surface area contributed by atoms with E-state index < -0.39 is 23.4 Å². The molecule has 0 aromatic heterocycles. The fourth-order valence-corrected chi connectivity index (χ4v) is 2.33. The molecule has 0 saturated carbocycles. The van der Waals surface area contributed by atoms with E-state index >= 15 is 0 Å². The standard InChI is InChI=1S/C16H12Cl2N2O6/c1-25-9-5-6-12(13(7-9)20(23)24)19-14(21)8-26-16(22)10-3-2-4-11(17)15(10)18/h2-7H,8H2,1H3,(H,19,21). The lowest BCUT2D eigenvalue weighted by molar-refractivity contribution is -0.384. The number of methoxy groups -OCH3 is 1. The number of halogens is 2. The number of carbonyl (C=O) groups excluding carboxylic acids is 2. The van der Waals surface area contributed by atoms with Crippen molar-refractivity contribution in [3.8, 4) is 5.75 Å². The maximum Gasteiger partial charge on any atom is 0.340 e. The van der Waals surface area contributed by atoms with E-state index in [1.165, 1.54) is 37.4 Å². The van der Waals surface area contributed by atoms with Gasteiger partial charge in [-0.15, -0.1) is 0 Å². The van der Waals surface area contributed by atoms with E-state index in [9.17, 15) is 19.7 Å². The number of benzene rings is 2. The fourth-order valence-electron chi connectivity index (χ4n) is 1.95. The summed E-state index contributed by atoms with van der Waals surface area (Å²) in [4.78, 5) is 34.3.